The van der Waals surface area contributed by atoms with Crippen LogP contribution in [0.25, 0.3) is 75.5 Å². The van der Waals surface area contributed by atoms with Gasteiger partial charge in [-0.3, -0.25) is 0 Å². The molecule has 0 aliphatic carbocycles. The van der Waals surface area contributed by atoms with E-state index in [0.29, 0.717) is 0 Å². The lowest BCUT2D eigenvalue weighted by Gasteiger charge is -2.28. The highest BCUT2D eigenvalue weighted by molar-refractivity contribution is 7.26. The zero-order valence-electron chi connectivity index (χ0n) is 27.7. The van der Waals surface area contributed by atoms with Gasteiger partial charge in [0, 0.05) is 37.5 Å². The Labute approximate surface area is 300 Å². The Hall–Kier alpha value is -6.42. The first kappa shape index (κ1) is 29.5. The van der Waals surface area contributed by atoms with Gasteiger partial charge in [-0.15, -0.1) is 11.3 Å². The summed E-state index contributed by atoms with van der Waals surface area (Å²) in [6, 6.07) is 67.3. The van der Waals surface area contributed by atoms with Crippen molar-refractivity contribution in [2.75, 3.05) is 4.90 Å². The van der Waals surface area contributed by atoms with E-state index in [9.17, 15) is 0 Å². The number of hydrogen-bond donors (Lipinski definition) is 0. The molecular weight excluding hydrogens is 639 g/mol. The van der Waals surface area contributed by atoms with Gasteiger partial charge in [0.25, 0.3) is 0 Å². The van der Waals surface area contributed by atoms with E-state index >= 15 is 0 Å². The Kier molecular flexibility index (Phi) is 7.04. The molecule has 2 heterocycles. The number of anilines is 3. The van der Waals surface area contributed by atoms with Crippen molar-refractivity contribution in [3.8, 4) is 33.4 Å². The molecule has 0 amide bonds. The molecule has 3 heteroatoms. The highest BCUT2D eigenvalue weighted by Crippen LogP contribution is 2.51. The summed E-state index contributed by atoms with van der Waals surface area (Å²) in [6.07, 6.45) is 0. The molecule has 0 unspecified atom stereocenters. The minimum absolute atomic E-state index is 0.871. The first-order valence-electron chi connectivity index (χ1n) is 17.3. The lowest BCUT2D eigenvalue weighted by Crippen LogP contribution is -2.12. The number of para-hydroxylation sites is 1. The fourth-order valence-electron chi connectivity index (χ4n) is 7.46. The van der Waals surface area contributed by atoms with Crippen molar-refractivity contribution in [2.45, 2.75) is 0 Å². The molecule has 0 atom stereocenters. The molecule has 0 radical (unpaired) electrons. The molecule has 0 spiro atoms. The monoisotopic (exact) mass is 669 g/mol. The third-order valence-electron chi connectivity index (χ3n) is 9.88. The molecule has 0 bridgehead atoms. The fourth-order valence-corrected chi connectivity index (χ4v) is 8.66. The van der Waals surface area contributed by atoms with E-state index in [1.807, 2.05) is 17.4 Å². The van der Waals surface area contributed by atoms with Crippen molar-refractivity contribution in [3.05, 3.63) is 188 Å². The molecule has 0 aliphatic rings. The average Bonchev–Trinajstić information content (AvgIpc) is 3.78. The maximum atomic E-state index is 6.85. The molecule has 0 saturated heterocycles. The molecule has 0 N–H and O–H groups in total. The van der Waals surface area contributed by atoms with E-state index in [-0.39, 0.29) is 0 Å². The van der Waals surface area contributed by atoms with Gasteiger partial charge in [0.2, 0.25) is 0 Å². The van der Waals surface area contributed by atoms with Crippen LogP contribution in [-0.2, 0) is 0 Å². The lowest BCUT2D eigenvalue weighted by molar-refractivity contribution is 0.669. The van der Waals surface area contributed by atoms with Gasteiger partial charge in [-0.25, -0.2) is 0 Å². The Bertz CT molecular complexity index is 2850. The van der Waals surface area contributed by atoms with Crippen LogP contribution in [0, 0.1) is 0 Å². The second-order valence-corrected chi connectivity index (χ2v) is 13.9. The predicted molar refractivity (Wildman–Crippen MR) is 218 cm³/mol. The minimum Gasteiger partial charge on any atom is -0.454 e. The van der Waals surface area contributed by atoms with Gasteiger partial charge in [0.05, 0.1) is 16.1 Å². The molecular formula is C48H31NOS. The van der Waals surface area contributed by atoms with Crippen molar-refractivity contribution in [1.29, 1.82) is 0 Å². The molecule has 10 aromatic rings. The van der Waals surface area contributed by atoms with E-state index < -0.39 is 0 Å². The fraction of sp³-hybridized carbons (Fsp3) is 0. The summed E-state index contributed by atoms with van der Waals surface area (Å²) >= 11 is 1.85. The maximum absolute atomic E-state index is 6.85. The van der Waals surface area contributed by atoms with Crippen LogP contribution < -0.4 is 4.90 Å². The van der Waals surface area contributed by atoms with Gasteiger partial charge in [0.15, 0.2) is 5.58 Å². The second kappa shape index (κ2) is 12.2. The van der Waals surface area contributed by atoms with Gasteiger partial charge < -0.3 is 9.32 Å². The molecule has 51 heavy (non-hydrogen) atoms. The van der Waals surface area contributed by atoms with Gasteiger partial charge in [0.1, 0.15) is 5.58 Å². The first-order chi connectivity index (χ1) is 25.3. The number of fused-ring (bicyclic) bond motifs is 6. The summed E-state index contributed by atoms with van der Waals surface area (Å²) in [5.74, 6) is 0. The predicted octanol–water partition coefficient (Wildman–Crippen LogP) is 14.4. The van der Waals surface area contributed by atoms with Crippen molar-refractivity contribution < 1.29 is 4.42 Å². The molecule has 240 valence electrons. The quantitative estimate of drug-likeness (QED) is 0.175. The zero-order chi connectivity index (χ0) is 33.7. The van der Waals surface area contributed by atoms with E-state index in [0.717, 1.165) is 50.1 Å². The van der Waals surface area contributed by atoms with Crippen molar-refractivity contribution in [3.63, 3.8) is 0 Å². The zero-order valence-corrected chi connectivity index (χ0v) is 28.5. The smallest absolute Gasteiger partial charge is 0.160 e. The molecule has 0 fully saturated rings. The van der Waals surface area contributed by atoms with E-state index in [4.69, 9.17) is 4.42 Å². The summed E-state index contributed by atoms with van der Waals surface area (Å²) < 4.78 is 9.37. The third-order valence-corrected chi connectivity index (χ3v) is 11.1. The number of furan rings is 1. The van der Waals surface area contributed by atoms with Crippen LogP contribution in [0.3, 0.4) is 0 Å². The number of thiophene rings is 1. The van der Waals surface area contributed by atoms with Crippen molar-refractivity contribution in [1.82, 2.24) is 0 Å². The first-order valence-corrected chi connectivity index (χ1v) is 18.1. The normalized spacial score (nSPS) is 11.5. The number of benzene rings is 8. The summed E-state index contributed by atoms with van der Waals surface area (Å²) in [5.41, 5.74) is 12.0. The van der Waals surface area contributed by atoms with Crippen LogP contribution in [0.5, 0.6) is 0 Å². The Morgan fingerprint density at radius 2 is 1.02 bits per heavy atom. The Balaban J connectivity index is 1.23. The van der Waals surface area contributed by atoms with Crippen LogP contribution >= 0.6 is 11.3 Å². The van der Waals surface area contributed by atoms with Gasteiger partial charge in [-0.1, -0.05) is 146 Å². The van der Waals surface area contributed by atoms with Crippen LogP contribution in [0.1, 0.15) is 0 Å². The second-order valence-electron chi connectivity index (χ2n) is 12.9. The largest absolute Gasteiger partial charge is 0.454 e. The summed E-state index contributed by atoms with van der Waals surface area (Å²) in [4.78, 5) is 2.43. The number of nitrogens with zero attached hydrogens (tertiary/aromatic N) is 1. The molecule has 0 saturated carbocycles. The highest BCUT2D eigenvalue weighted by Gasteiger charge is 2.26. The maximum Gasteiger partial charge on any atom is 0.160 e. The Morgan fingerprint density at radius 3 is 1.80 bits per heavy atom. The number of rotatable bonds is 6. The SMILES string of the molecule is c1ccc(-c2cccc(-c3ccc(N(c4c(-c5ccccc5)ccc5c4oc4ccccc45)c4cccc5c4sc4ccccc45)cc3)c2)cc1. The summed E-state index contributed by atoms with van der Waals surface area (Å²) in [6.45, 7) is 0. The van der Waals surface area contributed by atoms with E-state index in [1.54, 1.807) is 0 Å². The van der Waals surface area contributed by atoms with Crippen LogP contribution in [0.15, 0.2) is 192 Å². The van der Waals surface area contributed by atoms with Gasteiger partial charge in [-0.2, -0.15) is 0 Å². The standard InChI is InChI=1S/C48H31NOS/c1-3-13-32(14-4-1)35-17-11-18-36(31-35)33-25-27-37(28-26-33)49(43-22-12-21-42-40-20-8-10-24-45(40)51-48(42)43)46-38(34-15-5-2-6-16-34)29-30-41-39-19-7-9-23-44(39)50-47(41)46/h1-31H. The highest BCUT2D eigenvalue weighted by atomic mass is 32.1. The van der Waals surface area contributed by atoms with Crippen LogP contribution in [0.4, 0.5) is 17.1 Å². The number of hydrogen-bond acceptors (Lipinski definition) is 3. The van der Waals surface area contributed by atoms with Crippen LogP contribution in [0.2, 0.25) is 0 Å². The van der Waals surface area contributed by atoms with Crippen molar-refractivity contribution >= 4 is 70.5 Å². The summed E-state index contributed by atoms with van der Waals surface area (Å²) in [5, 5.41) is 4.74. The third kappa shape index (κ3) is 5.01. The van der Waals surface area contributed by atoms with E-state index in [1.165, 1.54) is 42.4 Å². The average molecular weight is 670 g/mol. The van der Waals surface area contributed by atoms with Gasteiger partial charge in [-0.05, 0) is 70.3 Å². The summed E-state index contributed by atoms with van der Waals surface area (Å²) in [7, 11) is 0. The minimum atomic E-state index is 0.871. The lowest BCUT2D eigenvalue weighted by atomic mass is 9.97. The molecule has 0 aliphatic heterocycles. The molecule has 2 nitrogen and oxygen atoms in total. The van der Waals surface area contributed by atoms with Crippen LogP contribution in [-0.4, -0.2) is 0 Å². The molecule has 8 aromatic carbocycles. The van der Waals surface area contributed by atoms with Gasteiger partial charge >= 0.3 is 0 Å². The van der Waals surface area contributed by atoms with Crippen molar-refractivity contribution in [2.24, 2.45) is 0 Å². The topological polar surface area (TPSA) is 16.4 Å². The Morgan fingerprint density at radius 1 is 0.412 bits per heavy atom. The molecule has 2 aromatic heterocycles. The molecule has 10 rings (SSSR count). The van der Waals surface area contributed by atoms with E-state index in [2.05, 4.69) is 187 Å².